The van der Waals surface area contributed by atoms with Crippen molar-refractivity contribution in [3.8, 4) is 0 Å². The Balaban J connectivity index is 0.000000845. The van der Waals surface area contributed by atoms with Crippen molar-refractivity contribution in [1.82, 2.24) is 20.5 Å². The van der Waals surface area contributed by atoms with Crippen molar-refractivity contribution in [2.24, 2.45) is 0 Å². The van der Waals surface area contributed by atoms with Gasteiger partial charge in [0.15, 0.2) is 5.82 Å². The first kappa shape index (κ1) is 10.5. The van der Waals surface area contributed by atoms with Gasteiger partial charge >= 0.3 is 0 Å². The summed E-state index contributed by atoms with van der Waals surface area (Å²) in [5.41, 5.74) is 0. The summed E-state index contributed by atoms with van der Waals surface area (Å²) in [6.45, 7) is 3.03. The molecule has 1 aliphatic heterocycles. The van der Waals surface area contributed by atoms with Gasteiger partial charge in [0.05, 0.1) is 6.04 Å². The average molecular weight is 203 g/mol. The Hall–Kier alpha value is -0.610. The summed E-state index contributed by atoms with van der Waals surface area (Å²) in [5, 5.41) is 10.4. The van der Waals surface area contributed by atoms with Gasteiger partial charge < -0.3 is 5.32 Å². The van der Waals surface area contributed by atoms with E-state index < -0.39 is 0 Å². The van der Waals surface area contributed by atoms with Gasteiger partial charge in [-0.05, 0) is 26.3 Å². The maximum absolute atomic E-state index is 4.31. The number of piperidine rings is 1. The molecule has 2 heterocycles. The first-order valence-electron chi connectivity index (χ1n) is 4.48. The fourth-order valence-corrected chi connectivity index (χ4v) is 1.59. The summed E-state index contributed by atoms with van der Waals surface area (Å²) < 4.78 is 0. The maximum atomic E-state index is 4.31. The van der Waals surface area contributed by atoms with Crippen LogP contribution in [0.25, 0.3) is 0 Å². The smallest absolute Gasteiger partial charge is 0.167 e. The van der Waals surface area contributed by atoms with E-state index in [4.69, 9.17) is 0 Å². The molecule has 74 valence electrons. The van der Waals surface area contributed by atoms with Gasteiger partial charge in [-0.15, -0.1) is 12.4 Å². The van der Waals surface area contributed by atoms with Crippen molar-refractivity contribution in [2.45, 2.75) is 32.2 Å². The van der Waals surface area contributed by atoms with Crippen LogP contribution in [0.3, 0.4) is 0 Å². The number of aromatic nitrogens is 3. The van der Waals surface area contributed by atoms with Crippen molar-refractivity contribution in [3.63, 3.8) is 0 Å². The minimum atomic E-state index is 0. The Bertz CT molecular complexity index is 254. The highest BCUT2D eigenvalue weighted by Gasteiger charge is 2.17. The molecular formula is C8H15ClN4. The molecule has 2 N–H and O–H groups in total. The Morgan fingerprint density at radius 2 is 2.23 bits per heavy atom. The largest absolute Gasteiger partial charge is 0.307 e. The molecule has 0 amide bonds. The summed E-state index contributed by atoms with van der Waals surface area (Å²) in [5.74, 6) is 1.82. The molecule has 1 fully saturated rings. The molecule has 0 bridgehead atoms. The standard InChI is InChI=1S/C8H14N4.ClH/c1-6-10-8(12-11-6)7-4-2-3-5-9-7;/h7,9H,2-5H2,1H3,(H,10,11,12);1H. The fourth-order valence-electron chi connectivity index (χ4n) is 1.59. The third kappa shape index (κ3) is 2.42. The number of rotatable bonds is 1. The van der Waals surface area contributed by atoms with Crippen molar-refractivity contribution in [1.29, 1.82) is 0 Å². The van der Waals surface area contributed by atoms with Crippen molar-refractivity contribution in [2.75, 3.05) is 6.54 Å². The van der Waals surface area contributed by atoms with E-state index in [9.17, 15) is 0 Å². The summed E-state index contributed by atoms with van der Waals surface area (Å²) >= 11 is 0. The van der Waals surface area contributed by atoms with Crippen LogP contribution in [0.2, 0.25) is 0 Å². The molecule has 0 radical (unpaired) electrons. The Labute approximate surface area is 83.9 Å². The highest BCUT2D eigenvalue weighted by Crippen LogP contribution is 2.19. The zero-order valence-corrected chi connectivity index (χ0v) is 8.52. The summed E-state index contributed by atoms with van der Waals surface area (Å²) in [4.78, 5) is 4.31. The number of hydrogen-bond acceptors (Lipinski definition) is 3. The van der Waals surface area contributed by atoms with E-state index in [1.54, 1.807) is 0 Å². The van der Waals surface area contributed by atoms with Gasteiger partial charge in [-0.3, -0.25) is 5.10 Å². The topological polar surface area (TPSA) is 53.6 Å². The second kappa shape index (κ2) is 4.58. The third-order valence-electron chi connectivity index (χ3n) is 2.24. The van der Waals surface area contributed by atoms with Gasteiger partial charge in [0.25, 0.3) is 0 Å². The highest BCUT2D eigenvalue weighted by molar-refractivity contribution is 5.85. The molecule has 1 atom stereocenters. The van der Waals surface area contributed by atoms with E-state index >= 15 is 0 Å². The number of nitrogens with zero attached hydrogens (tertiary/aromatic N) is 2. The molecule has 1 saturated heterocycles. The molecule has 13 heavy (non-hydrogen) atoms. The SMILES string of the molecule is Cc1nc(C2CCCCN2)n[nH]1.Cl. The zero-order valence-electron chi connectivity index (χ0n) is 7.71. The van der Waals surface area contributed by atoms with Gasteiger partial charge in [-0.1, -0.05) is 6.42 Å². The minimum absolute atomic E-state index is 0. The van der Waals surface area contributed by atoms with Gasteiger partial charge in [-0.2, -0.15) is 5.10 Å². The van der Waals surface area contributed by atoms with E-state index in [-0.39, 0.29) is 12.4 Å². The van der Waals surface area contributed by atoms with Crippen LogP contribution >= 0.6 is 12.4 Å². The molecule has 0 spiro atoms. The van der Waals surface area contributed by atoms with Crippen molar-refractivity contribution < 1.29 is 0 Å². The number of aromatic amines is 1. The van der Waals surface area contributed by atoms with E-state index in [2.05, 4.69) is 20.5 Å². The lowest BCUT2D eigenvalue weighted by atomic mass is 10.0. The molecule has 0 saturated carbocycles. The molecular weight excluding hydrogens is 188 g/mol. The lowest BCUT2D eigenvalue weighted by Crippen LogP contribution is -2.27. The molecule has 0 aliphatic carbocycles. The fraction of sp³-hybridized carbons (Fsp3) is 0.750. The summed E-state index contributed by atoms with van der Waals surface area (Å²) in [6.07, 6.45) is 3.72. The van der Waals surface area contributed by atoms with E-state index in [0.29, 0.717) is 6.04 Å². The van der Waals surface area contributed by atoms with Gasteiger partial charge in [0.2, 0.25) is 0 Å². The first-order valence-corrected chi connectivity index (χ1v) is 4.48. The molecule has 1 unspecified atom stereocenters. The first-order chi connectivity index (χ1) is 5.86. The molecule has 1 aromatic rings. The average Bonchev–Trinajstić information content (AvgIpc) is 2.54. The summed E-state index contributed by atoms with van der Waals surface area (Å²) in [6, 6.07) is 0.378. The van der Waals surface area contributed by atoms with E-state index in [0.717, 1.165) is 24.6 Å². The van der Waals surface area contributed by atoms with Crippen molar-refractivity contribution >= 4 is 12.4 Å². The Morgan fingerprint density at radius 1 is 1.38 bits per heavy atom. The minimum Gasteiger partial charge on any atom is -0.307 e. The monoisotopic (exact) mass is 202 g/mol. The van der Waals surface area contributed by atoms with E-state index in [1.165, 1.54) is 12.8 Å². The van der Waals surface area contributed by atoms with Crippen LogP contribution in [0.15, 0.2) is 0 Å². The quantitative estimate of drug-likeness (QED) is 0.723. The maximum Gasteiger partial charge on any atom is 0.167 e. The predicted octanol–water partition coefficient (Wildman–Crippen LogP) is 1.35. The normalized spacial score (nSPS) is 22.4. The van der Waals surface area contributed by atoms with Crippen LogP contribution in [-0.4, -0.2) is 21.7 Å². The van der Waals surface area contributed by atoms with Crippen LogP contribution in [0, 0.1) is 6.92 Å². The number of halogens is 1. The highest BCUT2D eigenvalue weighted by atomic mass is 35.5. The molecule has 1 aromatic heterocycles. The van der Waals surface area contributed by atoms with Gasteiger partial charge in [-0.25, -0.2) is 4.98 Å². The number of H-pyrrole nitrogens is 1. The van der Waals surface area contributed by atoms with Crippen molar-refractivity contribution in [3.05, 3.63) is 11.6 Å². The summed E-state index contributed by atoms with van der Waals surface area (Å²) in [7, 11) is 0. The predicted molar refractivity (Wildman–Crippen MR) is 53.0 cm³/mol. The lowest BCUT2D eigenvalue weighted by Gasteiger charge is -2.20. The molecule has 5 heteroatoms. The molecule has 4 nitrogen and oxygen atoms in total. The Kier molecular flexibility index (Phi) is 3.69. The Morgan fingerprint density at radius 3 is 2.77 bits per heavy atom. The molecule has 0 aromatic carbocycles. The van der Waals surface area contributed by atoms with Crippen LogP contribution in [0.5, 0.6) is 0 Å². The number of aryl methyl sites for hydroxylation is 1. The van der Waals surface area contributed by atoms with Crippen LogP contribution in [0.4, 0.5) is 0 Å². The van der Waals surface area contributed by atoms with E-state index in [1.807, 2.05) is 6.92 Å². The molecule has 2 rings (SSSR count). The molecule has 1 aliphatic rings. The second-order valence-corrected chi connectivity index (χ2v) is 3.28. The van der Waals surface area contributed by atoms with Crippen LogP contribution in [-0.2, 0) is 0 Å². The second-order valence-electron chi connectivity index (χ2n) is 3.28. The third-order valence-corrected chi connectivity index (χ3v) is 2.24. The zero-order chi connectivity index (χ0) is 8.39. The lowest BCUT2D eigenvalue weighted by molar-refractivity contribution is 0.398. The van der Waals surface area contributed by atoms with Crippen LogP contribution < -0.4 is 5.32 Å². The number of hydrogen-bond donors (Lipinski definition) is 2. The van der Waals surface area contributed by atoms with Crippen LogP contribution in [0.1, 0.15) is 37.0 Å². The number of nitrogens with one attached hydrogen (secondary N) is 2. The van der Waals surface area contributed by atoms with Gasteiger partial charge in [0, 0.05) is 0 Å². The van der Waals surface area contributed by atoms with Gasteiger partial charge in [0.1, 0.15) is 5.82 Å².